The molecule has 0 spiro atoms. The monoisotopic (exact) mass is 326 g/mol. The molecule has 2 aromatic rings. The fourth-order valence-corrected chi connectivity index (χ4v) is 3.30. The minimum Gasteiger partial charge on any atom is -0.508 e. The van der Waals surface area contributed by atoms with Crippen molar-refractivity contribution in [2.45, 2.75) is 26.3 Å². The topological polar surface area (TPSA) is 55.7 Å². The van der Waals surface area contributed by atoms with E-state index in [1.54, 1.807) is 6.07 Å². The van der Waals surface area contributed by atoms with Gasteiger partial charge in [-0.05, 0) is 43.9 Å². The van der Waals surface area contributed by atoms with Crippen LogP contribution in [0.3, 0.4) is 0 Å². The number of aromatic hydroxyl groups is 1. The summed E-state index contributed by atoms with van der Waals surface area (Å²) in [6, 6.07) is 14.0. The molecule has 0 aliphatic carbocycles. The Morgan fingerprint density at radius 3 is 2.62 bits per heavy atom. The maximum atomic E-state index is 10.0. The highest BCUT2D eigenvalue weighted by atomic mass is 16.3. The molecule has 3 N–H and O–H groups in total. The van der Waals surface area contributed by atoms with E-state index in [-0.39, 0.29) is 0 Å². The molecule has 24 heavy (non-hydrogen) atoms. The van der Waals surface area contributed by atoms with Crippen LogP contribution in [0, 0.1) is 12.8 Å². The number of hydrogen-bond donors (Lipinski definition) is 3. The molecule has 0 amide bonds. The van der Waals surface area contributed by atoms with Gasteiger partial charge in [0.05, 0.1) is 11.4 Å². The first-order chi connectivity index (χ1) is 11.7. The van der Waals surface area contributed by atoms with Crippen LogP contribution in [-0.4, -0.2) is 29.9 Å². The summed E-state index contributed by atoms with van der Waals surface area (Å²) in [6.45, 7) is 4.86. The predicted molar refractivity (Wildman–Crippen MR) is 98.6 cm³/mol. The quantitative estimate of drug-likeness (QED) is 0.787. The summed E-state index contributed by atoms with van der Waals surface area (Å²) in [5, 5.41) is 22.8. The number of benzene rings is 2. The third-order valence-corrected chi connectivity index (χ3v) is 4.82. The van der Waals surface area contributed by atoms with E-state index in [2.05, 4.69) is 28.4 Å². The predicted octanol–water partition coefficient (Wildman–Crippen LogP) is 3.52. The molecule has 1 aliphatic rings. The summed E-state index contributed by atoms with van der Waals surface area (Å²) >= 11 is 0. The van der Waals surface area contributed by atoms with Crippen molar-refractivity contribution in [1.29, 1.82) is 0 Å². The average Bonchev–Trinajstić information content (AvgIpc) is 2.63. The van der Waals surface area contributed by atoms with E-state index in [0.717, 1.165) is 42.7 Å². The molecule has 0 bridgehead atoms. The van der Waals surface area contributed by atoms with Gasteiger partial charge in [-0.25, -0.2) is 0 Å². The van der Waals surface area contributed by atoms with E-state index < -0.39 is 0 Å². The summed E-state index contributed by atoms with van der Waals surface area (Å²) in [5.41, 5.74) is 4.33. The number of aryl methyl sites for hydroxylation is 1. The Morgan fingerprint density at radius 1 is 1.12 bits per heavy atom. The molecular weight excluding hydrogens is 300 g/mol. The average molecular weight is 326 g/mol. The Kier molecular flexibility index (Phi) is 5.26. The first-order valence-corrected chi connectivity index (χ1v) is 8.64. The normalized spacial score (nSPS) is 15.5. The van der Waals surface area contributed by atoms with Crippen molar-refractivity contribution in [3.63, 3.8) is 0 Å². The smallest absolute Gasteiger partial charge is 0.120 e. The largest absolute Gasteiger partial charge is 0.508 e. The first kappa shape index (κ1) is 16.7. The maximum Gasteiger partial charge on any atom is 0.120 e. The van der Waals surface area contributed by atoms with Crippen molar-refractivity contribution in [2.75, 3.05) is 29.9 Å². The molecule has 0 aromatic heterocycles. The SMILES string of the molecule is Cc1ccc(O)c(CNc2ccccc2N2CCC(CO)CC2)c1. The van der Waals surface area contributed by atoms with Gasteiger partial charge in [-0.2, -0.15) is 0 Å². The van der Waals surface area contributed by atoms with E-state index in [1.165, 1.54) is 5.69 Å². The molecule has 4 heteroatoms. The number of phenolic OH excluding ortho intramolecular Hbond substituents is 1. The fourth-order valence-electron chi connectivity index (χ4n) is 3.30. The highest BCUT2D eigenvalue weighted by Crippen LogP contribution is 2.30. The number of nitrogens with zero attached hydrogens (tertiary/aromatic N) is 1. The fraction of sp³-hybridized carbons (Fsp3) is 0.400. The number of hydrogen-bond acceptors (Lipinski definition) is 4. The molecule has 0 atom stereocenters. The third-order valence-electron chi connectivity index (χ3n) is 4.82. The number of anilines is 2. The second kappa shape index (κ2) is 7.58. The number of phenols is 1. The zero-order valence-electron chi connectivity index (χ0n) is 14.2. The molecule has 2 aromatic carbocycles. The lowest BCUT2D eigenvalue weighted by atomic mass is 9.97. The van der Waals surface area contributed by atoms with Crippen LogP contribution in [0.1, 0.15) is 24.0 Å². The van der Waals surface area contributed by atoms with Gasteiger partial charge in [-0.1, -0.05) is 29.8 Å². The Balaban J connectivity index is 1.71. The molecule has 3 rings (SSSR count). The summed E-state index contributed by atoms with van der Waals surface area (Å²) in [6.07, 6.45) is 2.06. The van der Waals surface area contributed by atoms with E-state index in [4.69, 9.17) is 0 Å². The number of nitrogens with one attached hydrogen (secondary N) is 1. The minimum atomic E-state index is 0.292. The second-order valence-corrected chi connectivity index (χ2v) is 6.62. The molecular formula is C20H26N2O2. The van der Waals surface area contributed by atoms with E-state index >= 15 is 0 Å². The van der Waals surface area contributed by atoms with Gasteiger partial charge in [0.25, 0.3) is 0 Å². The highest BCUT2D eigenvalue weighted by Gasteiger charge is 2.20. The van der Waals surface area contributed by atoms with E-state index in [1.807, 2.05) is 25.1 Å². The first-order valence-electron chi connectivity index (χ1n) is 8.64. The zero-order valence-corrected chi connectivity index (χ0v) is 14.2. The van der Waals surface area contributed by atoms with Gasteiger partial charge in [0, 0.05) is 31.8 Å². The summed E-state index contributed by atoms with van der Waals surface area (Å²) in [7, 11) is 0. The Hall–Kier alpha value is -2.20. The minimum absolute atomic E-state index is 0.292. The lowest BCUT2D eigenvalue weighted by molar-refractivity contribution is 0.203. The molecule has 1 fully saturated rings. The summed E-state index contributed by atoms with van der Waals surface area (Å²) < 4.78 is 0. The van der Waals surface area contributed by atoms with Gasteiger partial charge in [-0.3, -0.25) is 0 Å². The molecule has 0 saturated carbocycles. The summed E-state index contributed by atoms with van der Waals surface area (Å²) in [5.74, 6) is 0.764. The molecule has 1 aliphatic heterocycles. The van der Waals surface area contributed by atoms with Crippen LogP contribution >= 0.6 is 0 Å². The van der Waals surface area contributed by atoms with Crippen molar-refractivity contribution in [1.82, 2.24) is 0 Å². The molecule has 1 heterocycles. The van der Waals surface area contributed by atoms with Gasteiger partial charge >= 0.3 is 0 Å². The molecule has 1 saturated heterocycles. The summed E-state index contributed by atoms with van der Waals surface area (Å²) in [4.78, 5) is 2.38. The lowest BCUT2D eigenvalue weighted by Gasteiger charge is -2.34. The molecule has 4 nitrogen and oxygen atoms in total. The van der Waals surface area contributed by atoms with Gasteiger partial charge in [0.1, 0.15) is 5.75 Å². The van der Waals surface area contributed by atoms with Crippen molar-refractivity contribution < 1.29 is 10.2 Å². The maximum absolute atomic E-state index is 10.0. The Bertz CT molecular complexity index is 679. The van der Waals surface area contributed by atoms with E-state index in [9.17, 15) is 10.2 Å². The van der Waals surface area contributed by atoms with Gasteiger partial charge in [0.2, 0.25) is 0 Å². The highest BCUT2D eigenvalue weighted by molar-refractivity contribution is 5.70. The standard InChI is InChI=1S/C20H26N2O2/c1-15-6-7-20(24)17(12-15)13-21-18-4-2-3-5-19(18)22-10-8-16(14-23)9-11-22/h2-7,12,16,21,23-24H,8-11,13-14H2,1H3. The van der Waals surface area contributed by atoms with Crippen LogP contribution in [0.15, 0.2) is 42.5 Å². The van der Waals surface area contributed by atoms with Gasteiger partial charge < -0.3 is 20.4 Å². The van der Waals surface area contributed by atoms with Crippen molar-refractivity contribution >= 4 is 11.4 Å². The van der Waals surface area contributed by atoms with Crippen LogP contribution in [0.5, 0.6) is 5.75 Å². The van der Waals surface area contributed by atoms with Crippen molar-refractivity contribution in [2.24, 2.45) is 5.92 Å². The van der Waals surface area contributed by atoms with Crippen LogP contribution in [0.25, 0.3) is 0 Å². The zero-order chi connectivity index (χ0) is 16.9. The van der Waals surface area contributed by atoms with Crippen LogP contribution in [0.4, 0.5) is 11.4 Å². The van der Waals surface area contributed by atoms with Gasteiger partial charge in [-0.15, -0.1) is 0 Å². The van der Waals surface area contributed by atoms with E-state index in [0.29, 0.717) is 24.8 Å². The molecule has 0 unspecified atom stereocenters. The Labute approximate surface area is 143 Å². The second-order valence-electron chi connectivity index (χ2n) is 6.62. The lowest BCUT2D eigenvalue weighted by Crippen LogP contribution is -2.35. The number of piperidine rings is 1. The van der Waals surface area contributed by atoms with Gasteiger partial charge in [0.15, 0.2) is 0 Å². The Morgan fingerprint density at radius 2 is 1.88 bits per heavy atom. The van der Waals surface area contributed by atoms with Crippen molar-refractivity contribution in [3.05, 3.63) is 53.6 Å². The number of para-hydroxylation sites is 2. The van der Waals surface area contributed by atoms with Crippen LogP contribution in [0.2, 0.25) is 0 Å². The van der Waals surface area contributed by atoms with Crippen molar-refractivity contribution in [3.8, 4) is 5.75 Å². The number of aliphatic hydroxyl groups is 1. The molecule has 0 radical (unpaired) electrons. The molecule has 128 valence electrons. The van der Waals surface area contributed by atoms with Crippen LogP contribution in [-0.2, 0) is 6.54 Å². The number of aliphatic hydroxyl groups excluding tert-OH is 1. The number of rotatable bonds is 5. The third kappa shape index (κ3) is 3.82. The van der Waals surface area contributed by atoms with Crippen LogP contribution < -0.4 is 10.2 Å².